The first-order chi connectivity index (χ1) is 11.1. The fourth-order valence-electron chi connectivity index (χ4n) is 2.40. The van der Waals surface area contributed by atoms with Crippen molar-refractivity contribution in [2.45, 2.75) is 26.4 Å². The Kier molecular flexibility index (Phi) is 6.40. The topological polar surface area (TPSA) is 58.3 Å². The van der Waals surface area contributed by atoms with E-state index in [0.717, 1.165) is 48.4 Å². The molecule has 6 nitrogen and oxygen atoms in total. The molecular weight excluding hydrogens is 312 g/mol. The summed E-state index contributed by atoms with van der Waals surface area (Å²) in [6, 6.07) is 7.86. The molecule has 2 rings (SSSR count). The lowest BCUT2D eigenvalue weighted by molar-refractivity contribution is 0.472. The van der Waals surface area contributed by atoms with Crippen LogP contribution >= 0.6 is 11.6 Å². The number of aryl methyl sites for hydroxylation is 1. The van der Waals surface area contributed by atoms with Gasteiger partial charge in [-0.15, -0.1) is 10.2 Å². The summed E-state index contributed by atoms with van der Waals surface area (Å²) in [7, 11) is 3.79. The summed E-state index contributed by atoms with van der Waals surface area (Å²) < 4.78 is 2.05. The molecule has 0 spiro atoms. The molecule has 1 N–H and O–H groups in total. The molecule has 2 aromatic rings. The number of aliphatic imine (C=N–C) groups is 1. The van der Waals surface area contributed by atoms with Crippen molar-refractivity contribution in [2.75, 3.05) is 20.6 Å². The van der Waals surface area contributed by atoms with Crippen LogP contribution in [0.2, 0.25) is 5.02 Å². The van der Waals surface area contributed by atoms with Crippen molar-refractivity contribution in [3.8, 4) is 0 Å². The van der Waals surface area contributed by atoms with Crippen molar-refractivity contribution < 1.29 is 0 Å². The fraction of sp³-hybridized carbons (Fsp3) is 0.438. The average molecular weight is 335 g/mol. The van der Waals surface area contributed by atoms with Crippen LogP contribution in [0.1, 0.15) is 18.3 Å². The Labute approximate surface area is 142 Å². The largest absolute Gasteiger partial charge is 0.354 e. The van der Waals surface area contributed by atoms with Crippen molar-refractivity contribution in [3.05, 3.63) is 47.0 Å². The van der Waals surface area contributed by atoms with E-state index in [4.69, 9.17) is 11.6 Å². The first kappa shape index (κ1) is 17.3. The Hall–Kier alpha value is -2.08. The molecule has 0 aliphatic heterocycles. The zero-order valence-corrected chi connectivity index (χ0v) is 14.6. The summed E-state index contributed by atoms with van der Waals surface area (Å²) in [4.78, 5) is 6.39. The number of nitrogens with zero attached hydrogens (tertiary/aromatic N) is 5. The third-order valence-electron chi connectivity index (χ3n) is 3.53. The van der Waals surface area contributed by atoms with Crippen molar-refractivity contribution in [1.82, 2.24) is 25.0 Å². The number of benzene rings is 1. The molecule has 0 radical (unpaired) electrons. The summed E-state index contributed by atoms with van der Waals surface area (Å²) in [5.74, 6) is 1.84. The highest BCUT2D eigenvalue weighted by atomic mass is 35.5. The van der Waals surface area contributed by atoms with Crippen LogP contribution in [-0.4, -0.2) is 46.3 Å². The average Bonchev–Trinajstić information content (AvgIpc) is 2.99. The van der Waals surface area contributed by atoms with Crippen molar-refractivity contribution in [2.24, 2.45) is 4.99 Å². The highest BCUT2D eigenvalue weighted by molar-refractivity contribution is 6.30. The van der Waals surface area contributed by atoms with E-state index in [1.54, 1.807) is 13.4 Å². The summed E-state index contributed by atoms with van der Waals surface area (Å²) in [5, 5.41) is 12.1. The Morgan fingerprint density at radius 1 is 1.43 bits per heavy atom. The number of aromatic nitrogens is 3. The third-order valence-corrected chi connectivity index (χ3v) is 3.77. The van der Waals surface area contributed by atoms with Gasteiger partial charge >= 0.3 is 0 Å². The van der Waals surface area contributed by atoms with Crippen LogP contribution in [0, 0.1) is 0 Å². The van der Waals surface area contributed by atoms with Gasteiger partial charge in [-0.05, 0) is 17.7 Å². The fourth-order valence-corrected chi connectivity index (χ4v) is 2.61. The van der Waals surface area contributed by atoms with E-state index in [1.807, 2.05) is 25.2 Å². The minimum absolute atomic E-state index is 0.743. The third kappa shape index (κ3) is 4.96. The van der Waals surface area contributed by atoms with E-state index in [9.17, 15) is 0 Å². The molecule has 0 saturated carbocycles. The molecule has 124 valence electrons. The lowest BCUT2D eigenvalue weighted by Gasteiger charge is -2.22. The van der Waals surface area contributed by atoms with Gasteiger partial charge in [0.15, 0.2) is 5.96 Å². The Bertz CT molecular complexity index is 652. The maximum Gasteiger partial charge on any atom is 0.193 e. The molecule has 7 heteroatoms. The molecule has 23 heavy (non-hydrogen) atoms. The van der Waals surface area contributed by atoms with E-state index in [1.165, 1.54) is 0 Å². The lowest BCUT2D eigenvalue weighted by Crippen LogP contribution is -2.39. The maximum absolute atomic E-state index is 6.03. The highest BCUT2D eigenvalue weighted by Crippen LogP contribution is 2.12. The Morgan fingerprint density at radius 3 is 2.96 bits per heavy atom. The van der Waals surface area contributed by atoms with Crippen molar-refractivity contribution >= 4 is 17.6 Å². The number of nitrogens with one attached hydrogen (secondary N) is 1. The molecule has 0 bridgehead atoms. The first-order valence-corrected chi connectivity index (χ1v) is 8.04. The van der Waals surface area contributed by atoms with Gasteiger partial charge in [0.25, 0.3) is 0 Å². The van der Waals surface area contributed by atoms with Crippen LogP contribution in [0.3, 0.4) is 0 Å². The number of hydrogen-bond donors (Lipinski definition) is 1. The smallest absolute Gasteiger partial charge is 0.193 e. The molecule has 0 saturated heterocycles. The van der Waals surface area contributed by atoms with Crippen LogP contribution in [0.4, 0.5) is 0 Å². The van der Waals surface area contributed by atoms with Gasteiger partial charge in [-0.3, -0.25) is 4.99 Å². The first-order valence-electron chi connectivity index (χ1n) is 7.67. The molecule has 0 unspecified atom stereocenters. The van der Waals surface area contributed by atoms with Gasteiger partial charge in [-0.25, -0.2) is 0 Å². The SMILES string of the molecule is CCc1nncn1CCNC(=NC)N(C)Cc1cccc(Cl)c1. The lowest BCUT2D eigenvalue weighted by atomic mass is 10.2. The molecular formula is C16H23ClN6. The number of guanidine groups is 1. The van der Waals surface area contributed by atoms with Gasteiger partial charge in [-0.1, -0.05) is 30.7 Å². The quantitative estimate of drug-likeness (QED) is 0.650. The minimum Gasteiger partial charge on any atom is -0.354 e. The molecule has 0 aliphatic carbocycles. The van der Waals surface area contributed by atoms with Gasteiger partial charge in [0.05, 0.1) is 0 Å². The Morgan fingerprint density at radius 2 is 2.26 bits per heavy atom. The minimum atomic E-state index is 0.743. The number of hydrogen-bond acceptors (Lipinski definition) is 3. The molecule has 1 aromatic heterocycles. The second-order valence-electron chi connectivity index (χ2n) is 5.25. The molecule has 1 aromatic carbocycles. The summed E-state index contributed by atoms with van der Waals surface area (Å²) in [6.45, 7) is 4.39. The molecule has 0 aliphatic rings. The molecule has 0 amide bonds. The van der Waals surface area contributed by atoms with E-state index >= 15 is 0 Å². The number of rotatable bonds is 6. The summed E-state index contributed by atoms with van der Waals surface area (Å²) in [6.07, 6.45) is 2.64. The maximum atomic E-state index is 6.03. The van der Waals surface area contributed by atoms with Gasteiger partial charge in [-0.2, -0.15) is 0 Å². The zero-order chi connectivity index (χ0) is 16.7. The second kappa shape index (κ2) is 8.53. The van der Waals surface area contributed by atoms with Crippen LogP contribution in [0.25, 0.3) is 0 Å². The summed E-state index contributed by atoms with van der Waals surface area (Å²) >= 11 is 6.03. The highest BCUT2D eigenvalue weighted by Gasteiger charge is 2.07. The monoisotopic (exact) mass is 334 g/mol. The predicted octanol–water partition coefficient (Wildman–Crippen LogP) is 2.20. The van der Waals surface area contributed by atoms with E-state index in [-0.39, 0.29) is 0 Å². The van der Waals surface area contributed by atoms with Crippen LogP contribution in [0.15, 0.2) is 35.6 Å². The van der Waals surface area contributed by atoms with Crippen LogP contribution < -0.4 is 5.32 Å². The zero-order valence-electron chi connectivity index (χ0n) is 13.8. The van der Waals surface area contributed by atoms with Crippen LogP contribution in [0.5, 0.6) is 0 Å². The van der Waals surface area contributed by atoms with E-state index in [0.29, 0.717) is 0 Å². The Balaban J connectivity index is 1.87. The number of halogens is 1. The molecule has 1 heterocycles. The summed E-state index contributed by atoms with van der Waals surface area (Å²) in [5.41, 5.74) is 1.15. The predicted molar refractivity (Wildman–Crippen MR) is 93.7 cm³/mol. The van der Waals surface area contributed by atoms with Gasteiger partial charge in [0.1, 0.15) is 12.2 Å². The van der Waals surface area contributed by atoms with Gasteiger partial charge in [0, 0.05) is 45.2 Å². The van der Waals surface area contributed by atoms with E-state index in [2.05, 4.69) is 43.0 Å². The second-order valence-corrected chi connectivity index (χ2v) is 5.69. The van der Waals surface area contributed by atoms with Gasteiger partial charge < -0.3 is 14.8 Å². The van der Waals surface area contributed by atoms with Crippen molar-refractivity contribution in [3.63, 3.8) is 0 Å². The van der Waals surface area contributed by atoms with Crippen molar-refractivity contribution in [1.29, 1.82) is 0 Å². The standard InChI is InChI=1S/C16H23ClN6/c1-4-15-21-20-12-23(15)9-8-19-16(18-2)22(3)11-13-6-5-7-14(17)10-13/h5-7,10,12H,4,8-9,11H2,1-3H3,(H,18,19). The molecule has 0 fully saturated rings. The molecule has 0 atom stereocenters. The van der Waals surface area contributed by atoms with Gasteiger partial charge in [0.2, 0.25) is 0 Å². The normalized spacial score (nSPS) is 11.6. The van der Waals surface area contributed by atoms with E-state index < -0.39 is 0 Å². The van der Waals surface area contributed by atoms with Crippen LogP contribution in [-0.2, 0) is 19.5 Å².